The summed E-state index contributed by atoms with van der Waals surface area (Å²) in [5, 5.41) is 10.9. The van der Waals surface area contributed by atoms with Gasteiger partial charge in [0, 0.05) is 24.2 Å². The minimum atomic E-state index is -0.567. The molecule has 0 radical (unpaired) electrons. The monoisotopic (exact) mass is 342 g/mol. The fourth-order valence-corrected chi connectivity index (χ4v) is 2.35. The molecule has 0 aliphatic carbocycles. The third kappa shape index (κ3) is 4.63. The van der Waals surface area contributed by atoms with Crippen LogP contribution in [0.1, 0.15) is 21.5 Å². The van der Waals surface area contributed by atoms with Crippen LogP contribution in [-0.2, 0) is 16.1 Å². The Hall–Kier alpha value is -3.22. The average Bonchev–Trinajstić information content (AvgIpc) is 2.62. The lowest BCUT2D eigenvalue weighted by atomic mass is 10.1. The predicted molar refractivity (Wildman–Crippen MR) is 91.0 cm³/mol. The molecular formula is C18H18N2O5. The SMILES string of the molecule is COC(=O)CN(Cc1ccccc1C)C(=O)c1cccc([N+](=O)[O-])c1. The van der Waals surface area contributed by atoms with Crippen molar-refractivity contribution in [3.63, 3.8) is 0 Å². The summed E-state index contributed by atoms with van der Waals surface area (Å²) in [6.45, 7) is 1.86. The van der Waals surface area contributed by atoms with E-state index in [1.54, 1.807) is 0 Å². The van der Waals surface area contributed by atoms with Crippen LogP contribution in [0.25, 0.3) is 0 Å². The molecular weight excluding hydrogens is 324 g/mol. The van der Waals surface area contributed by atoms with Crippen LogP contribution in [0.4, 0.5) is 5.69 Å². The third-order valence-electron chi connectivity index (χ3n) is 3.76. The summed E-state index contributed by atoms with van der Waals surface area (Å²) in [6, 6.07) is 12.9. The van der Waals surface area contributed by atoms with Gasteiger partial charge in [-0.1, -0.05) is 30.3 Å². The fraction of sp³-hybridized carbons (Fsp3) is 0.222. The molecule has 0 atom stereocenters. The number of methoxy groups -OCH3 is 1. The van der Waals surface area contributed by atoms with Crippen LogP contribution < -0.4 is 0 Å². The molecule has 25 heavy (non-hydrogen) atoms. The molecule has 0 aromatic heterocycles. The summed E-state index contributed by atoms with van der Waals surface area (Å²) in [6.07, 6.45) is 0. The van der Waals surface area contributed by atoms with Crippen LogP contribution in [0.2, 0.25) is 0 Å². The Labute approximate surface area is 145 Å². The molecule has 0 saturated carbocycles. The number of hydrogen-bond acceptors (Lipinski definition) is 5. The molecule has 0 fully saturated rings. The minimum Gasteiger partial charge on any atom is -0.468 e. The van der Waals surface area contributed by atoms with Crippen molar-refractivity contribution in [2.45, 2.75) is 13.5 Å². The number of benzene rings is 2. The number of rotatable bonds is 6. The van der Waals surface area contributed by atoms with Gasteiger partial charge < -0.3 is 9.64 Å². The molecule has 0 aliphatic heterocycles. The van der Waals surface area contributed by atoms with Crippen LogP contribution in [0.15, 0.2) is 48.5 Å². The summed E-state index contributed by atoms with van der Waals surface area (Å²) >= 11 is 0. The van der Waals surface area contributed by atoms with Crippen LogP contribution in [0.5, 0.6) is 0 Å². The molecule has 2 aromatic carbocycles. The number of nitrogens with zero attached hydrogens (tertiary/aromatic N) is 2. The molecule has 7 nitrogen and oxygen atoms in total. The topological polar surface area (TPSA) is 89.8 Å². The van der Waals surface area contributed by atoms with Gasteiger partial charge in [0.1, 0.15) is 6.54 Å². The van der Waals surface area contributed by atoms with Crippen molar-refractivity contribution in [1.29, 1.82) is 0 Å². The Morgan fingerprint density at radius 2 is 1.88 bits per heavy atom. The van der Waals surface area contributed by atoms with Crippen molar-refractivity contribution in [3.8, 4) is 0 Å². The number of carbonyl (C=O) groups excluding carboxylic acids is 2. The number of hydrogen-bond donors (Lipinski definition) is 0. The summed E-state index contributed by atoms with van der Waals surface area (Å²) in [4.78, 5) is 36.1. The number of esters is 1. The molecule has 1 amide bonds. The predicted octanol–water partition coefficient (Wildman–Crippen LogP) is 2.72. The molecule has 0 heterocycles. The van der Waals surface area contributed by atoms with E-state index in [9.17, 15) is 19.7 Å². The van der Waals surface area contributed by atoms with Crippen LogP contribution in [-0.4, -0.2) is 35.4 Å². The largest absolute Gasteiger partial charge is 0.468 e. The van der Waals surface area contributed by atoms with Crippen molar-refractivity contribution >= 4 is 17.6 Å². The van der Waals surface area contributed by atoms with E-state index in [1.165, 1.54) is 36.3 Å². The first-order valence-corrected chi connectivity index (χ1v) is 7.57. The zero-order valence-corrected chi connectivity index (χ0v) is 14.0. The molecule has 2 aromatic rings. The second kappa shape index (κ2) is 8.05. The van der Waals surface area contributed by atoms with Gasteiger partial charge in [-0.15, -0.1) is 0 Å². The Balaban J connectivity index is 2.32. The lowest BCUT2D eigenvalue weighted by Crippen LogP contribution is -2.36. The van der Waals surface area contributed by atoms with E-state index in [4.69, 9.17) is 0 Å². The lowest BCUT2D eigenvalue weighted by molar-refractivity contribution is -0.384. The smallest absolute Gasteiger partial charge is 0.325 e. The molecule has 0 bridgehead atoms. The van der Waals surface area contributed by atoms with Gasteiger partial charge in [0.25, 0.3) is 11.6 Å². The highest BCUT2D eigenvalue weighted by Crippen LogP contribution is 2.17. The maximum Gasteiger partial charge on any atom is 0.325 e. The number of aryl methyl sites for hydroxylation is 1. The summed E-state index contributed by atoms with van der Waals surface area (Å²) in [5.41, 5.74) is 1.82. The molecule has 0 spiro atoms. The van der Waals surface area contributed by atoms with Crippen molar-refractivity contribution in [1.82, 2.24) is 4.90 Å². The van der Waals surface area contributed by atoms with Gasteiger partial charge in [0.15, 0.2) is 0 Å². The lowest BCUT2D eigenvalue weighted by Gasteiger charge is -2.22. The Bertz CT molecular complexity index is 804. The highest BCUT2D eigenvalue weighted by molar-refractivity contribution is 5.96. The maximum absolute atomic E-state index is 12.8. The minimum absolute atomic E-state index is 0.145. The number of non-ortho nitro benzene ring substituents is 1. The summed E-state index contributed by atoms with van der Waals surface area (Å²) < 4.78 is 4.66. The van der Waals surface area contributed by atoms with Crippen LogP contribution in [0.3, 0.4) is 0 Å². The van der Waals surface area contributed by atoms with Crippen molar-refractivity contribution in [3.05, 3.63) is 75.3 Å². The van der Waals surface area contributed by atoms with Gasteiger partial charge in [-0.3, -0.25) is 19.7 Å². The number of carbonyl (C=O) groups is 2. The average molecular weight is 342 g/mol. The van der Waals surface area contributed by atoms with Crippen molar-refractivity contribution in [2.24, 2.45) is 0 Å². The standard InChI is InChI=1S/C18H18N2O5/c1-13-6-3-4-7-15(13)11-19(12-17(21)25-2)18(22)14-8-5-9-16(10-14)20(23)24/h3-10H,11-12H2,1-2H3. The molecule has 0 aliphatic rings. The first kappa shape index (κ1) is 18.1. The van der Waals surface area contributed by atoms with Gasteiger partial charge in [0.2, 0.25) is 0 Å². The van der Waals surface area contributed by atoms with E-state index < -0.39 is 16.8 Å². The van der Waals surface area contributed by atoms with Crippen molar-refractivity contribution < 1.29 is 19.2 Å². The van der Waals surface area contributed by atoms with Gasteiger partial charge in [-0.05, 0) is 24.1 Å². The van der Waals surface area contributed by atoms with Crippen molar-refractivity contribution in [2.75, 3.05) is 13.7 Å². The highest BCUT2D eigenvalue weighted by atomic mass is 16.6. The molecule has 0 saturated heterocycles. The van der Waals surface area contributed by atoms with Gasteiger partial charge in [-0.2, -0.15) is 0 Å². The summed E-state index contributed by atoms with van der Waals surface area (Å²) in [5.74, 6) is -1.04. The Morgan fingerprint density at radius 3 is 2.52 bits per heavy atom. The normalized spacial score (nSPS) is 10.2. The van der Waals surface area contributed by atoms with E-state index in [0.717, 1.165) is 11.1 Å². The van der Waals surface area contributed by atoms with Gasteiger partial charge in [0.05, 0.1) is 12.0 Å². The van der Waals surface area contributed by atoms with E-state index >= 15 is 0 Å². The number of nitro groups is 1. The number of ether oxygens (including phenoxy) is 1. The Kier molecular flexibility index (Phi) is 5.84. The quantitative estimate of drug-likeness (QED) is 0.457. The highest BCUT2D eigenvalue weighted by Gasteiger charge is 2.21. The van der Waals surface area contributed by atoms with E-state index in [1.807, 2.05) is 31.2 Å². The third-order valence-corrected chi connectivity index (χ3v) is 3.76. The molecule has 2 rings (SSSR count). The summed E-state index contributed by atoms with van der Waals surface area (Å²) in [7, 11) is 1.24. The van der Waals surface area contributed by atoms with E-state index in [-0.39, 0.29) is 24.3 Å². The zero-order chi connectivity index (χ0) is 18.4. The first-order valence-electron chi connectivity index (χ1n) is 7.57. The molecule has 0 N–H and O–H groups in total. The van der Waals surface area contributed by atoms with Crippen LogP contribution >= 0.6 is 0 Å². The van der Waals surface area contributed by atoms with Gasteiger partial charge >= 0.3 is 5.97 Å². The first-order chi connectivity index (χ1) is 11.9. The fourth-order valence-electron chi connectivity index (χ4n) is 2.35. The maximum atomic E-state index is 12.8. The molecule has 0 unspecified atom stereocenters. The number of amides is 1. The molecule has 130 valence electrons. The second-order valence-electron chi connectivity index (χ2n) is 5.47. The van der Waals surface area contributed by atoms with E-state index in [0.29, 0.717) is 0 Å². The Morgan fingerprint density at radius 1 is 1.16 bits per heavy atom. The number of nitro benzene ring substituents is 1. The van der Waals surface area contributed by atoms with Crippen LogP contribution in [0, 0.1) is 17.0 Å². The van der Waals surface area contributed by atoms with Gasteiger partial charge in [-0.25, -0.2) is 0 Å². The molecule has 7 heteroatoms. The van der Waals surface area contributed by atoms with E-state index in [2.05, 4.69) is 4.74 Å². The second-order valence-corrected chi connectivity index (χ2v) is 5.47. The zero-order valence-electron chi connectivity index (χ0n) is 14.0.